The molecule has 2 heterocycles. The Morgan fingerprint density at radius 1 is 1.20 bits per heavy atom. The minimum atomic E-state index is -0.340. The van der Waals surface area contributed by atoms with Gasteiger partial charge in [-0.15, -0.1) is 0 Å². The average molecular weight is 375 g/mol. The number of carbonyl (C=O) groups is 1. The molecule has 6 heteroatoms. The Labute approximate surface area is 156 Å². The molecule has 0 aromatic heterocycles. The van der Waals surface area contributed by atoms with Crippen LogP contribution in [0.25, 0.3) is 0 Å². The van der Waals surface area contributed by atoms with Crippen LogP contribution in [0.1, 0.15) is 12.8 Å². The molecule has 130 valence electrons. The number of hydrogen-bond acceptors (Lipinski definition) is 4. The molecule has 2 aliphatic rings. The lowest BCUT2D eigenvalue weighted by Gasteiger charge is -2.34. The van der Waals surface area contributed by atoms with Crippen LogP contribution in [0.3, 0.4) is 0 Å². The first kappa shape index (κ1) is 16.9. The van der Waals surface area contributed by atoms with Gasteiger partial charge in [-0.3, -0.25) is 14.6 Å². The van der Waals surface area contributed by atoms with Crippen molar-refractivity contribution in [3.8, 4) is 0 Å². The number of aliphatic hydroxyl groups excluding tert-OH is 1. The molecule has 0 bridgehead atoms. The molecule has 25 heavy (non-hydrogen) atoms. The molecule has 4 rings (SSSR count). The van der Waals surface area contributed by atoms with E-state index in [2.05, 4.69) is 0 Å². The number of nitrogens with zero attached hydrogens (tertiary/aromatic N) is 2. The van der Waals surface area contributed by atoms with Crippen LogP contribution >= 0.6 is 23.4 Å². The average Bonchev–Trinajstić information content (AvgIpc) is 2.59. The number of piperidine rings is 1. The van der Waals surface area contributed by atoms with E-state index < -0.39 is 0 Å². The van der Waals surface area contributed by atoms with Crippen LogP contribution in [0.15, 0.2) is 52.3 Å². The van der Waals surface area contributed by atoms with E-state index in [4.69, 9.17) is 11.6 Å². The molecule has 2 aromatic rings. The van der Waals surface area contributed by atoms with Crippen molar-refractivity contribution in [1.29, 1.82) is 0 Å². The molecular formula is C19H19ClN2O2S. The van der Waals surface area contributed by atoms with Crippen LogP contribution in [0, 0.1) is 0 Å². The molecule has 1 fully saturated rings. The summed E-state index contributed by atoms with van der Waals surface area (Å²) in [6, 6.07) is 13.6. The molecule has 2 aliphatic heterocycles. The normalized spacial score (nSPS) is 20.1. The summed E-state index contributed by atoms with van der Waals surface area (Å²) in [7, 11) is 0. The summed E-state index contributed by atoms with van der Waals surface area (Å²) >= 11 is 7.85. The van der Waals surface area contributed by atoms with E-state index in [1.54, 1.807) is 16.7 Å². The van der Waals surface area contributed by atoms with Crippen LogP contribution < -0.4 is 4.90 Å². The van der Waals surface area contributed by atoms with Gasteiger partial charge in [0.05, 0.1) is 24.0 Å². The summed E-state index contributed by atoms with van der Waals surface area (Å²) in [5, 5.41) is 10.5. The summed E-state index contributed by atoms with van der Waals surface area (Å²) in [5.74, 6) is 0.00497. The Kier molecular flexibility index (Phi) is 4.73. The zero-order valence-electron chi connectivity index (χ0n) is 13.7. The second kappa shape index (κ2) is 7.00. The fourth-order valence-corrected chi connectivity index (χ4v) is 4.64. The van der Waals surface area contributed by atoms with E-state index in [-0.39, 0.29) is 12.0 Å². The Hall–Kier alpha value is -1.53. The van der Waals surface area contributed by atoms with Gasteiger partial charge in [-0.1, -0.05) is 35.5 Å². The van der Waals surface area contributed by atoms with E-state index in [9.17, 15) is 9.90 Å². The predicted molar refractivity (Wildman–Crippen MR) is 101 cm³/mol. The van der Waals surface area contributed by atoms with Crippen molar-refractivity contribution in [2.45, 2.75) is 28.7 Å². The van der Waals surface area contributed by atoms with Gasteiger partial charge >= 0.3 is 0 Å². The van der Waals surface area contributed by atoms with E-state index in [1.807, 2.05) is 47.4 Å². The van der Waals surface area contributed by atoms with Crippen molar-refractivity contribution in [2.75, 3.05) is 24.5 Å². The maximum atomic E-state index is 13.2. The number of hydrogen-bond donors (Lipinski definition) is 1. The first-order valence-corrected chi connectivity index (χ1v) is 9.61. The molecule has 4 nitrogen and oxygen atoms in total. The van der Waals surface area contributed by atoms with Gasteiger partial charge in [0, 0.05) is 21.4 Å². The highest BCUT2D eigenvalue weighted by Gasteiger charge is 2.30. The molecular weight excluding hydrogens is 356 g/mol. The summed E-state index contributed by atoms with van der Waals surface area (Å²) in [6.07, 6.45) is 1.39. The SMILES string of the molecule is O=C(CN1CCC[C@@H](O)C1)N1c2ccccc2Sc2ccc(Cl)cc21. The van der Waals surface area contributed by atoms with Crippen molar-refractivity contribution < 1.29 is 9.90 Å². The van der Waals surface area contributed by atoms with Gasteiger partial charge in [0.1, 0.15) is 0 Å². The lowest BCUT2D eigenvalue weighted by molar-refractivity contribution is -0.119. The second-order valence-electron chi connectivity index (χ2n) is 6.44. The number of benzene rings is 2. The first-order valence-electron chi connectivity index (χ1n) is 8.41. The van der Waals surface area contributed by atoms with Crippen LogP contribution in [0.5, 0.6) is 0 Å². The molecule has 2 aromatic carbocycles. The Bertz CT molecular complexity index is 814. The van der Waals surface area contributed by atoms with Gasteiger partial charge in [-0.2, -0.15) is 0 Å². The largest absolute Gasteiger partial charge is 0.392 e. The summed E-state index contributed by atoms with van der Waals surface area (Å²) in [6.45, 7) is 1.69. The number of likely N-dealkylation sites (tertiary alicyclic amines) is 1. The lowest BCUT2D eigenvalue weighted by Crippen LogP contribution is -2.45. The minimum absolute atomic E-state index is 0.00497. The molecule has 1 atom stereocenters. The highest BCUT2D eigenvalue weighted by Crippen LogP contribution is 2.48. The van der Waals surface area contributed by atoms with E-state index >= 15 is 0 Å². The fourth-order valence-electron chi connectivity index (χ4n) is 3.43. The van der Waals surface area contributed by atoms with Gasteiger partial charge in [0.2, 0.25) is 5.91 Å². The van der Waals surface area contributed by atoms with Gasteiger partial charge in [-0.05, 0) is 49.7 Å². The number of para-hydroxylation sites is 1. The molecule has 1 amide bonds. The zero-order valence-corrected chi connectivity index (χ0v) is 15.3. The van der Waals surface area contributed by atoms with Crippen LogP contribution in [0.2, 0.25) is 5.02 Å². The summed E-state index contributed by atoms with van der Waals surface area (Å²) in [4.78, 5) is 19.0. The number of β-amino-alcohol motifs (C(OH)–C–C–N with tert-alkyl or cyclic N) is 1. The molecule has 0 aliphatic carbocycles. The minimum Gasteiger partial charge on any atom is -0.392 e. The Morgan fingerprint density at radius 3 is 2.84 bits per heavy atom. The van der Waals surface area contributed by atoms with E-state index in [0.717, 1.165) is 40.6 Å². The number of rotatable bonds is 2. The Morgan fingerprint density at radius 2 is 2.00 bits per heavy atom. The maximum absolute atomic E-state index is 13.2. The molecule has 1 N–H and O–H groups in total. The number of aliphatic hydroxyl groups is 1. The number of anilines is 2. The topological polar surface area (TPSA) is 43.8 Å². The zero-order chi connectivity index (χ0) is 17.4. The standard InChI is InChI=1S/C19H19ClN2O2S/c20-13-7-8-18-16(10-13)22(15-5-1-2-6-17(15)25-18)19(24)12-21-9-3-4-14(23)11-21/h1-2,5-8,10,14,23H,3-4,9,11-12H2/t14-/m1/s1. The van der Waals surface area contributed by atoms with Crippen molar-refractivity contribution in [2.24, 2.45) is 0 Å². The van der Waals surface area contributed by atoms with Crippen molar-refractivity contribution in [1.82, 2.24) is 4.90 Å². The highest BCUT2D eigenvalue weighted by molar-refractivity contribution is 7.99. The van der Waals surface area contributed by atoms with Gasteiger partial charge < -0.3 is 5.11 Å². The number of carbonyl (C=O) groups excluding carboxylic acids is 1. The fraction of sp³-hybridized carbons (Fsp3) is 0.316. The summed E-state index contributed by atoms with van der Waals surface area (Å²) < 4.78 is 0. The van der Waals surface area contributed by atoms with Crippen molar-refractivity contribution >= 4 is 40.6 Å². The van der Waals surface area contributed by atoms with Crippen LogP contribution in [-0.2, 0) is 4.79 Å². The van der Waals surface area contributed by atoms with Crippen LogP contribution in [-0.4, -0.2) is 41.7 Å². The third kappa shape index (κ3) is 3.42. The van der Waals surface area contributed by atoms with Crippen molar-refractivity contribution in [3.63, 3.8) is 0 Å². The molecule has 0 radical (unpaired) electrons. The predicted octanol–water partition coefficient (Wildman–Crippen LogP) is 3.93. The second-order valence-corrected chi connectivity index (χ2v) is 7.96. The monoisotopic (exact) mass is 374 g/mol. The smallest absolute Gasteiger partial charge is 0.245 e. The maximum Gasteiger partial charge on any atom is 0.245 e. The van der Waals surface area contributed by atoms with Gasteiger partial charge in [-0.25, -0.2) is 0 Å². The number of amides is 1. The third-order valence-corrected chi connectivity index (χ3v) is 5.94. The van der Waals surface area contributed by atoms with Crippen LogP contribution in [0.4, 0.5) is 11.4 Å². The molecule has 0 spiro atoms. The molecule has 0 saturated carbocycles. The van der Waals surface area contributed by atoms with E-state index in [1.165, 1.54) is 0 Å². The van der Waals surface area contributed by atoms with Gasteiger partial charge in [0.25, 0.3) is 0 Å². The Balaban J connectivity index is 1.68. The number of fused-ring (bicyclic) bond motifs is 2. The van der Waals surface area contributed by atoms with Crippen molar-refractivity contribution in [3.05, 3.63) is 47.5 Å². The van der Waals surface area contributed by atoms with Gasteiger partial charge in [0.15, 0.2) is 0 Å². The lowest BCUT2D eigenvalue weighted by atomic mass is 10.1. The molecule has 1 saturated heterocycles. The first-order chi connectivity index (χ1) is 12.1. The quantitative estimate of drug-likeness (QED) is 0.865. The number of halogens is 1. The molecule has 0 unspecified atom stereocenters. The summed E-state index contributed by atoms with van der Waals surface area (Å²) in [5.41, 5.74) is 1.73. The highest BCUT2D eigenvalue weighted by atomic mass is 35.5. The third-order valence-electron chi connectivity index (χ3n) is 4.58. The van der Waals surface area contributed by atoms with E-state index in [0.29, 0.717) is 18.1 Å².